The van der Waals surface area contributed by atoms with Gasteiger partial charge in [0, 0.05) is 28.5 Å². The lowest BCUT2D eigenvalue weighted by molar-refractivity contribution is 0.361. The molecule has 0 unspecified atom stereocenters. The van der Waals surface area contributed by atoms with Crippen LogP contribution < -0.4 is 4.74 Å². The van der Waals surface area contributed by atoms with Gasteiger partial charge in [-0.2, -0.15) is 4.37 Å². The molecule has 3 nitrogen and oxygen atoms in total. The number of ether oxygens (including phenoxy) is 1. The van der Waals surface area contributed by atoms with Crippen molar-refractivity contribution in [2.45, 2.75) is 0 Å². The lowest BCUT2D eigenvalue weighted by Crippen LogP contribution is -2.17. The summed E-state index contributed by atoms with van der Waals surface area (Å²) in [5.74, 6) is 0.868. The molecule has 1 aromatic heterocycles. The van der Waals surface area contributed by atoms with Crippen LogP contribution in [-0.2, 0) is 0 Å². The molecule has 2 aromatic carbocycles. The van der Waals surface area contributed by atoms with E-state index in [9.17, 15) is 0 Å². The molecule has 0 N–H and O–H groups in total. The van der Waals surface area contributed by atoms with Crippen LogP contribution in [0.1, 0.15) is 0 Å². The first kappa shape index (κ1) is 18.8. The highest BCUT2D eigenvalue weighted by Crippen LogP contribution is 2.33. The second-order valence-corrected chi connectivity index (χ2v) is 7.71. The van der Waals surface area contributed by atoms with Crippen molar-refractivity contribution >= 4 is 37.5 Å². The molecule has 0 bridgehead atoms. The lowest BCUT2D eigenvalue weighted by atomic mass is 10.1. The predicted octanol–water partition coefficient (Wildman–Crippen LogP) is 5.78. The average Bonchev–Trinajstić information content (AvgIpc) is 3.05. The van der Waals surface area contributed by atoms with E-state index >= 15 is 0 Å². The topological polar surface area (TPSA) is 25.4 Å². The van der Waals surface area contributed by atoms with Gasteiger partial charge in [-0.1, -0.05) is 46.3 Å². The van der Waals surface area contributed by atoms with Gasteiger partial charge >= 0.3 is 0 Å². The Labute approximate surface area is 166 Å². The number of nitrogens with zero attached hydrogens (tertiary/aromatic N) is 2. The fraction of sp³-hybridized carbons (Fsp3) is 0.190. The van der Waals surface area contributed by atoms with Crippen molar-refractivity contribution in [1.82, 2.24) is 9.27 Å². The number of likely N-dealkylation sites (N-methyl/N-ethyl adjacent to an activating group) is 1. The van der Waals surface area contributed by atoms with Crippen molar-refractivity contribution in [3.63, 3.8) is 0 Å². The molecule has 3 aromatic rings. The number of hydrogen-bond donors (Lipinski definition) is 0. The van der Waals surface area contributed by atoms with Gasteiger partial charge in [-0.15, -0.1) is 6.58 Å². The van der Waals surface area contributed by atoms with Gasteiger partial charge in [0.15, 0.2) is 0 Å². The third-order valence-electron chi connectivity index (χ3n) is 3.93. The minimum absolute atomic E-state index is 0.561. The van der Waals surface area contributed by atoms with Crippen LogP contribution >= 0.6 is 27.5 Å². The van der Waals surface area contributed by atoms with Crippen molar-refractivity contribution in [3.05, 3.63) is 71.7 Å². The molecule has 0 amide bonds. The Balaban J connectivity index is 1.64. The minimum atomic E-state index is 0.561. The fourth-order valence-corrected chi connectivity index (χ4v) is 3.67. The molecule has 1 heterocycles. The van der Waals surface area contributed by atoms with Crippen LogP contribution in [0.15, 0.2) is 71.7 Å². The van der Waals surface area contributed by atoms with Gasteiger partial charge in [0.25, 0.3) is 0 Å². The summed E-state index contributed by atoms with van der Waals surface area (Å²) in [6.45, 7) is 6.07. The number of benzene rings is 2. The normalized spacial score (nSPS) is 11.5. The van der Waals surface area contributed by atoms with E-state index < -0.39 is 0 Å². The van der Waals surface area contributed by atoms with Gasteiger partial charge in [0.2, 0.25) is 0 Å². The monoisotopic (exact) mass is 428 g/mol. The maximum atomic E-state index is 5.83. The van der Waals surface area contributed by atoms with Crippen molar-refractivity contribution in [1.29, 1.82) is 0 Å². The van der Waals surface area contributed by atoms with Crippen molar-refractivity contribution in [2.24, 2.45) is 0 Å². The van der Waals surface area contributed by atoms with Gasteiger partial charge in [-0.3, -0.25) is 4.90 Å². The first-order valence-electron chi connectivity index (χ1n) is 8.40. The Morgan fingerprint density at radius 3 is 2.73 bits per heavy atom. The summed E-state index contributed by atoms with van der Waals surface area (Å²) in [7, 11) is 2.06. The van der Waals surface area contributed by atoms with E-state index in [4.69, 9.17) is 4.74 Å². The molecule has 0 aliphatic rings. The minimum Gasteiger partial charge on any atom is -0.489 e. The number of aromatic nitrogens is 1. The Hall–Kier alpha value is -1.95. The molecule has 0 atom stereocenters. The molecule has 5 heteroatoms. The second-order valence-electron chi connectivity index (χ2n) is 5.99. The molecule has 0 spiro atoms. The summed E-state index contributed by atoms with van der Waals surface area (Å²) in [6, 6.07) is 14.4. The molecule has 3 rings (SSSR count). The molecule has 0 saturated heterocycles. The first-order chi connectivity index (χ1) is 12.7. The van der Waals surface area contributed by atoms with Gasteiger partial charge in [0.05, 0.1) is 10.4 Å². The van der Waals surface area contributed by atoms with Crippen LogP contribution in [0, 0.1) is 0 Å². The summed E-state index contributed by atoms with van der Waals surface area (Å²) < 4.78 is 12.7. The zero-order valence-corrected chi connectivity index (χ0v) is 17.1. The Bertz CT molecular complexity index is 902. The van der Waals surface area contributed by atoms with Gasteiger partial charge < -0.3 is 4.74 Å². The Kier molecular flexibility index (Phi) is 6.61. The van der Waals surface area contributed by atoms with Gasteiger partial charge in [-0.05, 0) is 48.9 Å². The smallest absolute Gasteiger partial charge is 0.121 e. The van der Waals surface area contributed by atoms with Crippen LogP contribution in [0.3, 0.4) is 0 Å². The van der Waals surface area contributed by atoms with E-state index in [-0.39, 0.29) is 0 Å². The van der Waals surface area contributed by atoms with E-state index in [0.717, 1.165) is 44.7 Å². The first-order valence-corrected chi connectivity index (χ1v) is 9.96. The highest BCUT2D eigenvalue weighted by atomic mass is 79.9. The van der Waals surface area contributed by atoms with Crippen LogP contribution in [-0.4, -0.2) is 36.0 Å². The molecule has 0 saturated carbocycles. The van der Waals surface area contributed by atoms with Crippen molar-refractivity contribution in [2.75, 3.05) is 26.7 Å². The summed E-state index contributed by atoms with van der Waals surface area (Å²) in [4.78, 5) is 2.18. The maximum absolute atomic E-state index is 5.83. The highest BCUT2D eigenvalue weighted by Gasteiger charge is 2.09. The van der Waals surface area contributed by atoms with Crippen molar-refractivity contribution in [3.8, 4) is 17.0 Å². The molecule has 0 fully saturated rings. The van der Waals surface area contributed by atoms with Gasteiger partial charge in [-0.25, -0.2) is 0 Å². The van der Waals surface area contributed by atoms with Crippen LogP contribution in [0.5, 0.6) is 5.75 Å². The van der Waals surface area contributed by atoms with E-state index in [2.05, 4.69) is 69.2 Å². The Morgan fingerprint density at radius 1 is 1.15 bits per heavy atom. The van der Waals surface area contributed by atoms with E-state index in [1.54, 1.807) is 0 Å². The quantitative estimate of drug-likeness (QED) is 0.425. The number of fused-ring (bicyclic) bond motifs is 1. The van der Waals surface area contributed by atoms with E-state index in [1.165, 1.54) is 11.5 Å². The third kappa shape index (κ3) is 4.81. The molecular formula is C21H21BrN2OS. The summed E-state index contributed by atoms with van der Waals surface area (Å²) >= 11 is 4.98. The summed E-state index contributed by atoms with van der Waals surface area (Å²) in [5.41, 5.74) is 2.15. The predicted molar refractivity (Wildman–Crippen MR) is 115 cm³/mol. The standard InChI is InChI=1S/C21H21BrN2OS/c1-3-12-24(2)13-4-5-14-25-18-10-11-19-20(15-18)26-23-21(19)16-6-8-17(22)9-7-16/h3-11,15H,1,12-14H2,2H3. The molecule has 26 heavy (non-hydrogen) atoms. The highest BCUT2D eigenvalue weighted by molar-refractivity contribution is 9.10. The van der Waals surface area contributed by atoms with E-state index in [1.807, 2.05) is 30.4 Å². The third-order valence-corrected chi connectivity index (χ3v) is 5.27. The summed E-state index contributed by atoms with van der Waals surface area (Å²) in [5, 5.41) is 1.16. The van der Waals surface area contributed by atoms with E-state index in [0.29, 0.717) is 6.61 Å². The number of rotatable bonds is 8. The van der Waals surface area contributed by atoms with Gasteiger partial charge in [0.1, 0.15) is 12.4 Å². The molecule has 0 aliphatic carbocycles. The number of hydrogen-bond acceptors (Lipinski definition) is 4. The molecule has 0 aliphatic heterocycles. The average molecular weight is 429 g/mol. The largest absolute Gasteiger partial charge is 0.489 e. The van der Waals surface area contributed by atoms with Crippen LogP contribution in [0.25, 0.3) is 21.3 Å². The van der Waals surface area contributed by atoms with Crippen LogP contribution in [0.2, 0.25) is 0 Å². The molecule has 134 valence electrons. The SMILES string of the molecule is C=CCN(C)CC=CCOc1ccc2c(-c3ccc(Br)cc3)nsc2c1. The lowest BCUT2D eigenvalue weighted by Gasteiger charge is -2.10. The van der Waals surface area contributed by atoms with Crippen LogP contribution in [0.4, 0.5) is 0 Å². The van der Waals surface area contributed by atoms with Crippen molar-refractivity contribution < 1.29 is 4.74 Å². The Morgan fingerprint density at radius 2 is 1.96 bits per heavy atom. The fourth-order valence-electron chi connectivity index (χ4n) is 2.59. The molecular weight excluding hydrogens is 408 g/mol. The number of halogens is 1. The zero-order valence-electron chi connectivity index (χ0n) is 14.7. The molecule has 0 radical (unpaired) electrons. The maximum Gasteiger partial charge on any atom is 0.121 e. The second kappa shape index (κ2) is 9.12. The summed E-state index contributed by atoms with van der Waals surface area (Å²) in [6.07, 6.45) is 6.06. The zero-order chi connectivity index (χ0) is 18.4.